The summed E-state index contributed by atoms with van der Waals surface area (Å²) >= 11 is 0. The maximum atomic E-state index is 9.89. The number of aromatic amines is 1. The number of rotatable bonds is 7. The number of hydrogen-bond donors (Lipinski definition) is 5. The summed E-state index contributed by atoms with van der Waals surface area (Å²) in [7, 11) is 0. The highest BCUT2D eigenvalue weighted by molar-refractivity contribution is 5.80. The summed E-state index contributed by atoms with van der Waals surface area (Å²) in [5.74, 6) is 1.19. The fourth-order valence-corrected chi connectivity index (χ4v) is 2.82. The summed E-state index contributed by atoms with van der Waals surface area (Å²) in [5, 5.41) is 26.5. The van der Waals surface area contributed by atoms with Crippen LogP contribution in [0.2, 0.25) is 0 Å². The van der Waals surface area contributed by atoms with E-state index in [1.807, 2.05) is 18.3 Å². The topological polar surface area (TPSA) is 119 Å². The van der Waals surface area contributed by atoms with Crippen molar-refractivity contribution in [3.63, 3.8) is 0 Å². The van der Waals surface area contributed by atoms with Crippen molar-refractivity contribution in [1.82, 2.24) is 19.9 Å². The molecule has 8 nitrogen and oxygen atoms in total. The highest BCUT2D eigenvalue weighted by Gasteiger charge is 2.18. The Morgan fingerprint density at radius 2 is 1.93 bits per heavy atom. The maximum absolute atomic E-state index is 9.89. The van der Waals surface area contributed by atoms with Gasteiger partial charge in [0, 0.05) is 24.8 Å². The average Bonchev–Trinajstić information content (AvgIpc) is 3.18. The summed E-state index contributed by atoms with van der Waals surface area (Å²) in [6.07, 6.45) is 3.61. The van der Waals surface area contributed by atoms with Gasteiger partial charge in [0.05, 0.1) is 12.8 Å². The number of aliphatic hydroxyl groups is 2. The van der Waals surface area contributed by atoms with E-state index >= 15 is 0 Å². The van der Waals surface area contributed by atoms with Crippen LogP contribution in [-0.4, -0.2) is 48.9 Å². The minimum absolute atomic E-state index is 0.175. The van der Waals surface area contributed by atoms with Crippen molar-refractivity contribution in [1.29, 1.82) is 0 Å². The van der Waals surface area contributed by atoms with Crippen LogP contribution in [0.3, 0.4) is 0 Å². The molecule has 3 heterocycles. The van der Waals surface area contributed by atoms with E-state index in [-0.39, 0.29) is 13.2 Å². The Hall–Kier alpha value is -3.23. The molecule has 3 aromatic heterocycles. The number of pyridine rings is 1. The Morgan fingerprint density at radius 3 is 2.79 bits per heavy atom. The van der Waals surface area contributed by atoms with Gasteiger partial charge in [-0.05, 0) is 42.1 Å². The fraction of sp³-hybridized carbons (Fsp3) is 0.250. The standard InChI is InChI=1S/C20H22N6O2/c1-20(28,12-27)11-24-17-5-4-15-19(25-17)26-18(10-22-15)23-9-13-2-3-14-6-7-21-16(14)8-13/h2-8,10,21,27-28H,9,11-12H2,1H3,(H2,23,24,25,26). The molecule has 0 fully saturated rings. The molecule has 4 aromatic rings. The van der Waals surface area contributed by atoms with Crippen LogP contribution in [0, 0.1) is 0 Å². The highest BCUT2D eigenvalue weighted by Crippen LogP contribution is 2.17. The third-order valence-electron chi connectivity index (χ3n) is 4.49. The van der Waals surface area contributed by atoms with E-state index in [9.17, 15) is 5.11 Å². The van der Waals surface area contributed by atoms with Gasteiger partial charge in [-0.3, -0.25) is 0 Å². The predicted octanol–water partition coefficient (Wildman–Crippen LogP) is 2.27. The molecule has 0 aliphatic heterocycles. The van der Waals surface area contributed by atoms with E-state index in [0.29, 0.717) is 29.3 Å². The summed E-state index contributed by atoms with van der Waals surface area (Å²) in [6.45, 7) is 2.00. The second kappa shape index (κ2) is 7.41. The first-order valence-corrected chi connectivity index (χ1v) is 9.03. The van der Waals surface area contributed by atoms with Crippen LogP contribution >= 0.6 is 0 Å². The van der Waals surface area contributed by atoms with Crippen LogP contribution in [0.25, 0.3) is 22.1 Å². The summed E-state index contributed by atoms with van der Waals surface area (Å²) in [6, 6.07) is 11.9. The number of aromatic nitrogens is 4. The molecule has 1 unspecified atom stereocenters. The zero-order valence-corrected chi connectivity index (χ0v) is 15.5. The smallest absolute Gasteiger partial charge is 0.182 e. The lowest BCUT2D eigenvalue weighted by molar-refractivity contribution is 0.0132. The number of anilines is 2. The largest absolute Gasteiger partial charge is 0.393 e. The van der Waals surface area contributed by atoms with Gasteiger partial charge in [0.15, 0.2) is 5.65 Å². The highest BCUT2D eigenvalue weighted by atomic mass is 16.3. The van der Waals surface area contributed by atoms with Gasteiger partial charge in [-0.1, -0.05) is 12.1 Å². The number of fused-ring (bicyclic) bond motifs is 2. The molecule has 0 saturated carbocycles. The summed E-state index contributed by atoms with van der Waals surface area (Å²) in [5.41, 5.74) is 2.19. The number of benzene rings is 1. The Bertz CT molecular complexity index is 1110. The normalized spacial score (nSPS) is 13.5. The lowest BCUT2D eigenvalue weighted by atomic mass is 10.1. The van der Waals surface area contributed by atoms with E-state index in [2.05, 4.69) is 48.8 Å². The van der Waals surface area contributed by atoms with Crippen molar-refractivity contribution in [3.8, 4) is 0 Å². The van der Waals surface area contributed by atoms with Crippen LogP contribution in [0.1, 0.15) is 12.5 Å². The summed E-state index contributed by atoms with van der Waals surface area (Å²) in [4.78, 5) is 16.6. The molecule has 144 valence electrons. The minimum atomic E-state index is -1.22. The molecule has 8 heteroatoms. The first-order chi connectivity index (χ1) is 13.5. The molecule has 0 radical (unpaired) electrons. The average molecular weight is 378 g/mol. The van der Waals surface area contributed by atoms with E-state index in [1.165, 1.54) is 5.39 Å². The number of hydrogen-bond acceptors (Lipinski definition) is 7. The zero-order valence-electron chi connectivity index (χ0n) is 15.5. The summed E-state index contributed by atoms with van der Waals surface area (Å²) < 4.78 is 0. The monoisotopic (exact) mass is 378 g/mol. The van der Waals surface area contributed by atoms with Gasteiger partial charge in [0.1, 0.15) is 22.8 Å². The van der Waals surface area contributed by atoms with Gasteiger partial charge in [-0.25, -0.2) is 15.0 Å². The van der Waals surface area contributed by atoms with Crippen LogP contribution < -0.4 is 10.6 Å². The van der Waals surface area contributed by atoms with Crippen molar-refractivity contribution in [2.45, 2.75) is 19.1 Å². The SMILES string of the molecule is CC(O)(CO)CNc1ccc2ncc(NCc3ccc4cc[nH]c4c3)nc2n1. The van der Waals surface area contributed by atoms with Crippen molar-refractivity contribution < 1.29 is 10.2 Å². The molecule has 1 aromatic carbocycles. The second-order valence-corrected chi connectivity index (χ2v) is 7.06. The second-order valence-electron chi connectivity index (χ2n) is 7.06. The van der Waals surface area contributed by atoms with Crippen molar-refractivity contribution in [2.24, 2.45) is 0 Å². The number of H-pyrrole nitrogens is 1. The molecule has 0 bridgehead atoms. The Balaban J connectivity index is 1.48. The van der Waals surface area contributed by atoms with E-state index in [1.54, 1.807) is 19.2 Å². The van der Waals surface area contributed by atoms with Gasteiger partial charge >= 0.3 is 0 Å². The molecule has 1 atom stereocenters. The molecule has 4 rings (SSSR count). The molecule has 28 heavy (non-hydrogen) atoms. The zero-order chi connectivity index (χ0) is 19.6. The lowest BCUT2D eigenvalue weighted by Gasteiger charge is -2.20. The number of nitrogens with one attached hydrogen (secondary N) is 3. The molecule has 0 amide bonds. The maximum Gasteiger partial charge on any atom is 0.182 e. The van der Waals surface area contributed by atoms with Crippen LogP contribution in [0.5, 0.6) is 0 Å². The van der Waals surface area contributed by atoms with Crippen LogP contribution in [0.15, 0.2) is 48.8 Å². The molecule has 0 saturated heterocycles. The third-order valence-corrected chi connectivity index (χ3v) is 4.49. The fourth-order valence-electron chi connectivity index (χ4n) is 2.82. The lowest BCUT2D eigenvalue weighted by Crippen LogP contribution is -2.37. The van der Waals surface area contributed by atoms with Gasteiger partial charge in [-0.15, -0.1) is 0 Å². The quantitative estimate of drug-likeness (QED) is 0.335. The minimum Gasteiger partial charge on any atom is -0.393 e. The van der Waals surface area contributed by atoms with Gasteiger partial charge in [0.25, 0.3) is 0 Å². The van der Waals surface area contributed by atoms with E-state index in [0.717, 1.165) is 11.1 Å². The molecular weight excluding hydrogens is 356 g/mol. The first kappa shape index (κ1) is 18.1. The van der Waals surface area contributed by atoms with Crippen LogP contribution in [-0.2, 0) is 6.54 Å². The van der Waals surface area contributed by atoms with Gasteiger partial charge < -0.3 is 25.8 Å². The molecule has 0 aliphatic carbocycles. The Kier molecular flexibility index (Phi) is 4.81. The van der Waals surface area contributed by atoms with Crippen LogP contribution in [0.4, 0.5) is 11.6 Å². The third kappa shape index (κ3) is 4.03. The van der Waals surface area contributed by atoms with Crippen molar-refractivity contribution in [3.05, 3.63) is 54.4 Å². The number of aliphatic hydroxyl groups excluding tert-OH is 1. The molecular formula is C20H22N6O2. The molecule has 0 aliphatic rings. The Labute approximate surface area is 161 Å². The van der Waals surface area contributed by atoms with Crippen molar-refractivity contribution in [2.75, 3.05) is 23.8 Å². The molecule has 5 N–H and O–H groups in total. The Morgan fingerprint density at radius 1 is 1.07 bits per heavy atom. The van der Waals surface area contributed by atoms with Gasteiger partial charge in [-0.2, -0.15) is 0 Å². The molecule has 0 spiro atoms. The van der Waals surface area contributed by atoms with Crippen molar-refractivity contribution >= 4 is 33.7 Å². The first-order valence-electron chi connectivity index (χ1n) is 9.03. The van der Waals surface area contributed by atoms with E-state index < -0.39 is 5.60 Å². The number of nitrogens with zero attached hydrogens (tertiary/aromatic N) is 3. The van der Waals surface area contributed by atoms with Gasteiger partial charge in [0.2, 0.25) is 0 Å². The predicted molar refractivity (Wildman–Crippen MR) is 109 cm³/mol. The van der Waals surface area contributed by atoms with E-state index in [4.69, 9.17) is 5.11 Å².